The smallest absolute Gasteiger partial charge is 0.0168 e. The van der Waals surface area contributed by atoms with Gasteiger partial charge in [0.2, 0.25) is 0 Å². The summed E-state index contributed by atoms with van der Waals surface area (Å²) in [7, 11) is 4.19. The molecule has 0 heterocycles. The third-order valence-corrected chi connectivity index (χ3v) is 3.03. The predicted octanol–water partition coefficient (Wildman–Crippen LogP) is 1.02. The SMILES string of the molecule is CC(N)C(C)SCCN(C)C. The van der Waals surface area contributed by atoms with Gasteiger partial charge in [-0.1, -0.05) is 6.92 Å². The first-order valence-corrected chi connectivity index (χ1v) is 5.11. The zero-order chi connectivity index (χ0) is 8.85. The van der Waals surface area contributed by atoms with Gasteiger partial charge in [-0.15, -0.1) is 0 Å². The van der Waals surface area contributed by atoms with Gasteiger partial charge in [-0.3, -0.25) is 0 Å². The Morgan fingerprint density at radius 2 is 1.91 bits per heavy atom. The van der Waals surface area contributed by atoms with Crippen molar-refractivity contribution in [3.63, 3.8) is 0 Å². The molecule has 0 fully saturated rings. The first-order valence-electron chi connectivity index (χ1n) is 4.06. The van der Waals surface area contributed by atoms with Crippen molar-refractivity contribution in [2.45, 2.75) is 25.1 Å². The second-order valence-electron chi connectivity index (χ2n) is 3.24. The molecular formula is C8H20N2S. The zero-order valence-corrected chi connectivity index (χ0v) is 8.82. The fourth-order valence-electron chi connectivity index (χ4n) is 0.573. The average molecular weight is 176 g/mol. The van der Waals surface area contributed by atoms with Gasteiger partial charge in [0, 0.05) is 23.6 Å². The van der Waals surface area contributed by atoms with Gasteiger partial charge >= 0.3 is 0 Å². The molecule has 0 rings (SSSR count). The van der Waals surface area contributed by atoms with E-state index in [1.54, 1.807) is 0 Å². The lowest BCUT2D eigenvalue weighted by Crippen LogP contribution is -2.27. The Kier molecular flexibility index (Phi) is 6.01. The molecule has 2 N–H and O–H groups in total. The van der Waals surface area contributed by atoms with Gasteiger partial charge in [-0.2, -0.15) is 11.8 Å². The van der Waals surface area contributed by atoms with Crippen LogP contribution in [0.1, 0.15) is 13.8 Å². The Balaban J connectivity index is 3.24. The highest BCUT2D eigenvalue weighted by atomic mass is 32.2. The molecule has 3 heteroatoms. The number of nitrogens with zero attached hydrogens (tertiary/aromatic N) is 1. The molecule has 0 aliphatic carbocycles. The second-order valence-corrected chi connectivity index (χ2v) is 4.72. The number of thioether (sulfide) groups is 1. The van der Waals surface area contributed by atoms with E-state index in [1.165, 1.54) is 5.75 Å². The van der Waals surface area contributed by atoms with Crippen LogP contribution in [0.3, 0.4) is 0 Å². The third kappa shape index (κ3) is 6.66. The molecule has 68 valence electrons. The van der Waals surface area contributed by atoms with Crippen molar-refractivity contribution in [2.24, 2.45) is 5.73 Å². The monoisotopic (exact) mass is 176 g/mol. The quantitative estimate of drug-likeness (QED) is 0.678. The van der Waals surface area contributed by atoms with Gasteiger partial charge in [0.15, 0.2) is 0 Å². The van der Waals surface area contributed by atoms with Gasteiger partial charge in [0.25, 0.3) is 0 Å². The summed E-state index contributed by atoms with van der Waals surface area (Å²) in [5, 5.41) is 0.579. The minimum Gasteiger partial charge on any atom is -0.327 e. The van der Waals surface area contributed by atoms with Crippen LogP contribution in [0.4, 0.5) is 0 Å². The Morgan fingerprint density at radius 1 is 1.36 bits per heavy atom. The highest BCUT2D eigenvalue weighted by Crippen LogP contribution is 2.12. The van der Waals surface area contributed by atoms with Crippen LogP contribution in [0, 0.1) is 0 Å². The van der Waals surface area contributed by atoms with E-state index in [0.717, 1.165) is 6.54 Å². The number of hydrogen-bond donors (Lipinski definition) is 1. The Hall–Kier alpha value is 0.270. The minimum absolute atomic E-state index is 0.308. The molecule has 0 amide bonds. The van der Waals surface area contributed by atoms with E-state index in [-0.39, 0.29) is 0 Å². The molecule has 0 saturated heterocycles. The normalized spacial score (nSPS) is 16.9. The number of hydrogen-bond acceptors (Lipinski definition) is 3. The standard InChI is InChI=1S/C8H20N2S/c1-7(9)8(2)11-6-5-10(3)4/h7-8H,5-6,9H2,1-4H3. The van der Waals surface area contributed by atoms with E-state index in [2.05, 4.69) is 32.8 Å². The summed E-state index contributed by atoms with van der Waals surface area (Å²) < 4.78 is 0. The van der Waals surface area contributed by atoms with E-state index in [0.29, 0.717) is 11.3 Å². The molecule has 0 spiro atoms. The van der Waals surface area contributed by atoms with Crippen LogP contribution >= 0.6 is 11.8 Å². The highest BCUT2D eigenvalue weighted by molar-refractivity contribution is 7.99. The number of rotatable bonds is 5. The van der Waals surface area contributed by atoms with Crippen LogP contribution in [-0.2, 0) is 0 Å². The van der Waals surface area contributed by atoms with E-state index >= 15 is 0 Å². The largest absolute Gasteiger partial charge is 0.327 e. The van der Waals surface area contributed by atoms with Crippen LogP contribution in [0.2, 0.25) is 0 Å². The van der Waals surface area contributed by atoms with Crippen LogP contribution in [0.15, 0.2) is 0 Å². The fourth-order valence-corrected chi connectivity index (χ4v) is 1.72. The zero-order valence-electron chi connectivity index (χ0n) is 8.00. The molecular weight excluding hydrogens is 156 g/mol. The van der Waals surface area contributed by atoms with Crippen molar-refractivity contribution in [2.75, 3.05) is 26.4 Å². The van der Waals surface area contributed by atoms with Gasteiger partial charge < -0.3 is 10.6 Å². The third-order valence-electron chi connectivity index (χ3n) is 1.66. The van der Waals surface area contributed by atoms with Crippen LogP contribution in [-0.4, -0.2) is 42.6 Å². The Labute approximate surface area is 74.5 Å². The molecule has 0 radical (unpaired) electrons. The van der Waals surface area contributed by atoms with Crippen molar-refractivity contribution >= 4 is 11.8 Å². The van der Waals surface area contributed by atoms with Crippen molar-refractivity contribution in [3.05, 3.63) is 0 Å². The van der Waals surface area contributed by atoms with Gasteiger partial charge in [-0.25, -0.2) is 0 Å². The topological polar surface area (TPSA) is 29.3 Å². The Bertz CT molecular complexity index is 94.1. The van der Waals surface area contributed by atoms with Crippen molar-refractivity contribution in [3.8, 4) is 0 Å². The summed E-state index contributed by atoms with van der Waals surface area (Å²) in [6.07, 6.45) is 0. The van der Waals surface area contributed by atoms with Gasteiger partial charge in [0.05, 0.1) is 0 Å². The van der Waals surface area contributed by atoms with Crippen LogP contribution in [0.25, 0.3) is 0 Å². The molecule has 0 aromatic carbocycles. The van der Waals surface area contributed by atoms with Crippen molar-refractivity contribution < 1.29 is 0 Å². The molecule has 0 aliphatic heterocycles. The van der Waals surface area contributed by atoms with E-state index in [1.807, 2.05) is 11.8 Å². The van der Waals surface area contributed by atoms with Crippen LogP contribution in [0.5, 0.6) is 0 Å². The maximum absolute atomic E-state index is 5.72. The van der Waals surface area contributed by atoms with Gasteiger partial charge in [-0.05, 0) is 21.0 Å². The Morgan fingerprint density at radius 3 is 2.27 bits per heavy atom. The molecule has 0 saturated carbocycles. The lowest BCUT2D eigenvalue weighted by atomic mass is 10.3. The molecule has 2 nitrogen and oxygen atoms in total. The minimum atomic E-state index is 0.308. The van der Waals surface area contributed by atoms with Crippen molar-refractivity contribution in [1.82, 2.24) is 4.90 Å². The van der Waals surface area contributed by atoms with E-state index < -0.39 is 0 Å². The fraction of sp³-hybridized carbons (Fsp3) is 1.00. The summed E-state index contributed by atoms with van der Waals surface area (Å²) in [6.45, 7) is 5.39. The molecule has 0 aliphatic rings. The maximum atomic E-state index is 5.72. The summed E-state index contributed by atoms with van der Waals surface area (Å²) in [4.78, 5) is 2.20. The van der Waals surface area contributed by atoms with E-state index in [9.17, 15) is 0 Å². The summed E-state index contributed by atoms with van der Waals surface area (Å²) in [6, 6.07) is 0.308. The molecule has 2 atom stereocenters. The molecule has 0 aromatic heterocycles. The predicted molar refractivity (Wildman–Crippen MR) is 54.1 cm³/mol. The lowest BCUT2D eigenvalue weighted by Gasteiger charge is -2.16. The lowest BCUT2D eigenvalue weighted by molar-refractivity contribution is 0.437. The first-order chi connectivity index (χ1) is 5.04. The first kappa shape index (κ1) is 11.3. The van der Waals surface area contributed by atoms with Gasteiger partial charge in [0.1, 0.15) is 0 Å². The highest BCUT2D eigenvalue weighted by Gasteiger charge is 2.06. The van der Waals surface area contributed by atoms with E-state index in [4.69, 9.17) is 5.73 Å². The molecule has 11 heavy (non-hydrogen) atoms. The maximum Gasteiger partial charge on any atom is 0.0168 e. The second kappa shape index (κ2) is 5.86. The summed E-state index contributed by atoms with van der Waals surface area (Å²) in [5.41, 5.74) is 5.72. The molecule has 0 bridgehead atoms. The van der Waals surface area contributed by atoms with Crippen molar-refractivity contribution in [1.29, 1.82) is 0 Å². The summed E-state index contributed by atoms with van der Waals surface area (Å²) >= 11 is 1.95. The molecule has 0 aromatic rings. The van der Waals surface area contributed by atoms with Crippen LogP contribution < -0.4 is 5.73 Å². The average Bonchev–Trinajstić information content (AvgIpc) is 1.86. The number of nitrogens with two attached hydrogens (primary N) is 1. The molecule has 2 unspecified atom stereocenters. The summed E-state index contributed by atoms with van der Waals surface area (Å²) in [5.74, 6) is 1.18.